The number of carbonyl (C=O) groups is 2. The van der Waals surface area contributed by atoms with Crippen molar-refractivity contribution in [3.05, 3.63) is 45.9 Å². The molecule has 1 fully saturated rings. The highest BCUT2D eigenvalue weighted by molar-refractivity contribution is 7.89. The van der Waals surface area contributed by atoms with Crippen molar-refractivity contribution in [1.82, 2.24) is 4.31 Å². The highest BCUT2D eigenvalue weighted by Gasteiger charge is 2.35. The van der Waals surface area contributed by atoms with Gasteiger partial charge in [0.05, 0.1) is 16.6 Å². The van der Waals surface area contributed by atoms with Crippen molar-refractivity contribution >= 4 is 56.4 Å². The zero-order chi connectivity index (χ0) is 23.0. The summed E-state index contributed by atoms with van der Waals surface area (Å²) in [6.45, 7) is 1.95. The molecule has 2 heterocycles. The molecule has 1 saturated heterocycles. The number of halogens is 2. The van der Waals surface area contributed by atoms with Crippen molar-refractivity contribution < 1.29 is 22.7 Å². The highest BCUT2D eigenvalue weighted by Crippen LogP contribution is 2.37. The number of rotatable bonds is 4. The van der Waals surface area contributed by atoms with Gasteiger partial charge in [0, 0.05) is 29.9 Å². The van der Waals surface area contributed by atoms with Gasteiger partial charge in [-0.25, -0.2) is 8.42 Å². The first-order valence-corrected chi connectivity index (χ1v) is 12.2. The number of amides is 2. The van der Waals surface area contributed by atoms with Crippen molar-refractivity contribution in [2.24, 2.45) is 5.92 Å². The van der Waals surface area contributed by atoms with Crippen LogP contribution in [0.3, 0.4) is 0 Å². The third kappa shape index (κ3) is 4.56. The number of hydrogen-bond donors (Lipinski definition) is 2. The first kappa shape index (κ1) is 22.8. The molecule has 2 N–H and O–H groups in total. The standard InChI is InChI=1S/C21H21Cl2N3O5S/c1-12-4-5-14(22)7-16(12)25-21(28)13-3-2-6-26(10-13)32(29,30)19-9-18-17(8-15(19)23)24-20(27)11-31-18/h4-5,7-9,13H,2-3,6,10-11H2,1H3,(H,24,27)(H,25,28)/t13-/m1/s1. The summed E-state index contributed by atoms with van der Waals surface area (Å²) in [5.41, 5.74) is 1.77. The summed E-state index contributed by atoms with van der Waals surface area (Å²) in [4.78, 5) is 24.2. The molecule has 11 heteroatoms. The maximum atomic E-state index is 13.3. The Hall–Kier alpha value is -2.33. The third-order valence-electron chi connectivity index (χ3n) is 5.50. The zero-order valence-corrected chi connectivity index (χ0v) is 19.5. The molecule has 2 aromatic rings. The lowest BCUT2D eigenvalue weighted by atomic mass is 9.98. The molecule has 2 aliphatic rings. The molecule has 0 spiro atoms. The van der Waals surface area contributed by atoms with Crippen LogP contribution in [0.2, 0.25) is 10.0 Å². The van der Waals surface area contributed by atoms with Gasteiger partial charge >= 0.3 is 0 Å². The summed E-state index contributed by atoms with van der Waals surface area (Å²) < 4.78 is 33.3. The summed E-state index contributed by atoms with van der Waals surface area (Å²) in [5, 5.41) is 5.92. The summed E-state index contributed by atoms with van der Waals surface area (Å²) in [7, 11) is -3.99. The van der Waals surface area contributed by atoms with Crippen LogP contribution in [-0.2, 0) is 19.6 Å². The molecule has 0 radical (unpaired) electrons. The Morgan fingerprint density at radius 2 is 2.03 bits per heavy atom. The molecule has 32 heavy (non-hydrogen) atoms. The van der Waals surface area contributed by atoms with Crippen molar-refractivity contribution in [2.45, 2.75) is 24.7 Å². The van der Waals surface area contributed by atoms with E-state index in [1.54, 1.807) is 18.2 Å². The molecule has 2 aliphatic heterocycles. The van der Waals surface area contributed by atoms with Crippen LogP contribution in [0.5, 0.6) is 5.75 Å². The van der Waals surface area contributed by atoms with Crippen LogP contribution in [0.1, 0.15) is 18.4 Å². The summed E-state index contributed by atoms with van der Waals surface area (Å²) in [6.07, 6.45) is 1.09. The van der Waals surface area contributed by atoms with E-state index in [4.69, 9.17) is 27.9 Å². The summed E-state index contributed by atoms with van der Waals surface area (Å²) in [6, 6.07) is 7.87. The number of hydrogen-bond acceptors (Lipinski definition) is 5. The van der Waals surface area contributed by atoms with Gasteiger partial charge in [0.2, 0.25) is 15.9 Å². The predicted octanol–water partition coefficient (Wildman–Crippen LogP) is 3.67. The Morgan fingerprint density at radius 1 is 1.25 bits per heavy atom. The van der Waals surface area contributed by atoms with Gasteiger partial charge < -0.3 is 15.4 Å². The average Bonchev–Trinajstić information content (AvgIpc) is 2.75. The van der Waals surface area contributed by atoms with E-state index in [0.717, 1.165) is 5.56 Å². The molecule has 2 aromatic carbocycles. The van der Waals surface area contributed by atoms with Crippen LogP contribution >= 0.6 is 23.2 Å². The molecular weight excluding hydrogens is 477 g/mol. The lowest BCUT2D eigenvalue weighted by Crippen LogP contribution is -2.43. The SMILES string of the molecule is Cc1ccc(Cl)cc1NC(=O)[C@@H]1CCCN(S(=O)(=O)c2cc3c(cc2Cl)NC(=O)CO3)C1. The maximum Gasteiger partial charge on any atom is 0.262 e. The minimum absolute atomic E-state index is 0.0266. The maximum absolute atomic E-state index is 13.3. The fourth-order valence-corrected chi connectivity index (χ4v) is 5.97. The fourth-order valence-electron chi connectivity index (χ4n) is 3.76. The van der Waals surface area contributed by atoms with Crippen LogP contribution in [0.4, 0.5) is 11.4 Å². The van der Waals surface area contributed by atoms with E-state index in [1.807, 2.05) is 6.92 Å². The number of piperidine rings is 1. The molecule has 1 atom stereocenters. The normalized spacial score (nSPS) is 19.0. The van der Waals surface area contributed by atoms with E-state index < -0.39 is 15.9 Å². The third-order valence-corrected chi connectivity index (χ3v) is 8.06. The van der Waals surface area contributed by atoms with E-state index in [1.165, 1.54) is 16.4 Å². The van der Waals surface area contributed by atoms with E-state index in [9.17, 15) is 18.0 Å². The minimum atomic E-state index is -3.99. The van der Waals surface area contributed by atoms with Crippen molar-refractivity contribution in [2.75, 3.05) is 30.3 Å². The Balaban J connectivity index is 1.54. The molecule has 4 rings (SSSR count). The number of nitrogens with one attached hydrogen (secondary N) is 2. The lowest BCUT2D eigenvalue weighted by molar-refractivity contribution is -0.121. The van der Waals surface area contributed by atoms with Crippen LogP contribution in [0.15, 0.2) is 35.2 Å². The first-order valence-electron chi connectivity index (χ1n) is 9.98. The van der Waals surface area contributed by atoms with Gasteiger partial charge in [0.1, 0.15) is 10.6 Å². The number of carbonyl (C=O) groups excluding carboxylic acids is 2. The van der Waals surface area contributed by atoms with E-state index in [2.05, 4.69) is 10.6 Å². The molecule has 2 amide bonds. The molecular formula is C21H21Cl2N3O5S. The Bertz CT molecular complexity index is 1200. The van der Waals surface area contributed by atoms with Gasteiger partial charge in [-0.3, -0.25) is 9.59 Å². The molecule has 0 saturated carbocycles. The zero-order valence-electron chi connectivity index (χ0n) is 17.2. The van der Waals surface area contributed by atoms with Crippen LogP contribution in [-0.4, -0.2) is 44.2 Å². The molecule has 0 unspecified atom stereocenters. The monoisotopic (exact) mass is 497 g/mol. The second-order valence-electron chi connectivity index (χ2n) is 7.77. The van der Waals surface area contributed by atoms with Gasteiger partial charge in [0.25, 0.3) is 5.91 Å². The largest absolute Gasteiger partial charge is 0.482 e. The number of anilines is 2. The van der Waals surface area contributed by atoms with Crippen LogP contribution in [0, 0.1) is 12.8 Å². The van der Waals surface area contributed by atoms with E-state index in [0.29, 0.717) is 29.2 Å². The van der Waals surface area contributed by atoms with Crippen LogP contribution in [0.25, 0.3) is 0 Å². The Kier molecular flexibility index (Phi) is 6.35. The quantitative estimate of drug-likeness (QED) is 0.670. The number of fused-ring (bicyclic) bond motifs is 1. The second-order valence-corrected chi connectivity index (χ2v) is 10.5. The number of benzene rings is 2. The van der Waals surface area contributed by atoms with Gasteiger partial charge in [-0.15, -0.1) is 0 Å². The van der Waals surface area contributed by atoms with Crippen molar-refractivity contribution in [3.63, 3.8) is 0 Å². The molecule has 0 bridgehead atoms. The summed E-state index contributed by atoms with van der Waals surface area (Å²) in [5.74, 6) is -0.902. The van der Waals surface area contributed by atoms with Gasteiger partial charge in [0.15, 0.2) is 6.61 Å². The van der Waals surface area contributed by atoms with E-state index >= 15 is 0 Å². The second kappa shape index (κ2) is 8.90. The molecule has 0 aliphatic carbocycles. The smallest absolute Gasteiger partial charge is 0.262 e. The molecule has 0 aromatic heterocycles. The van der Waals surface area contributed by atoms with Gasteiger partial charge in [-0.2, -0.15) is 4.31 Å². The number of sulfonamides is 1. The van der Waals surface area contributed by atoms with Gasteiger partial charge in [-0.1, -0.05) is 29.3 Å². The van der Waals surface area contributed by atoms with E-state index in [-0.39, 0.29) is 47.2 Å². The van der Waals surface area contributed by atoms with Crippen molar-refractivity contribution in [3.8, 4) is 5.75 Å². The Labute approximate surface area is 195 Å². The van der Waals surface area contributed by atoms with Crippen LogP contribution < -0.4 is 15.4 Å². The highest BCUT2D eigenvalue weighted by atomic mass is 35.5. The van der Waals surface area contributed by atoms with Crippen molar-refractivity contribution in [1.29, 1.82) is 0 Å². The first-order chi connectivity index (χ1) is 15.1. The number of aryl methyl sites for hydroxylation is 1. The lowest BCUT2D eigenvalue weighted by Gasteiger charge is -2.32. The predicted molar refractivity (Wildman–Crippen MR) is 122 cm³/mol. The molecule has 8 nitrogen and oxygen atoms in total. The topological polar surface area (TPSA) is 105 Å². The fraction of sp³-hybridized carbons (Fsp3) is 0.333. The summed E-state index contributed by atoms with van der Waals surface area (Å²) >= 11 is 12.3. The van der Waals surface area contributed by atoms with Gasteiger partial charge in [-0.05, 0) is 43.5 Å². The minimum Gasteiger partial charge on any atom is -0.482 e. The number of ether oxygens (including phenoxy) is 1. The average molecular weight is 498 g/mol. The Morgan fingerprint density at radius 3 is 2.81 bits per heavy atom. The number of nitrogens with zero attached hydrogens (tertiary/aromatic N) is 1. The molecule has 170 valence electrons.